The summed E-state index contributed by atoms with van der Waals surface area (Å²) in [6.07, 6.45) is -0.0180. The van der Waals surface area contributed by atoms with Gasteiger partial charge in [0.05, 0.1) is 6.54 Å². The highest BCUT2D eigenvalue weighted by molar-refractivity contribution is 5.80. The molecule has 0 aliphatic carbocycles. The lowest BCUT2D eigenvalue weighted by Crippen LogP contribution is -2.37. The summed E-state index contributed by atoms with van der Waals surface area (Å²) in [4.78, 5) is 16.7. The first-order valence-corrected chi connectivity index (χ1v) is 8.54. The van der Waals surface area contributed by atoms with Crippen molar-refractivity contribution < 1.29 is 14.1 Å². The van der Waals surface area contributed by atoms with Gasteiger partial charge in [0.25, 0.3) is 5.91 Å². The molecule has 26 heavy (non-hydrogen) atoms. The smallest absolute Gasteiger partial charge is 0.261 e. The minimum Gasteiger partial charge on any atom is -0.481 e. The average Bonchev–Trinajstić information content (AvgIpc) is 3.14. The summed E-state index contributed by atoms with van der Waals surface area (Å²) in [5.74, 6) is 1.30. The third-order valence-corrected chi connectivity index (χ3v) is 3.84. The monoisotopic (exact) mass is 351 g/mol. The molecule has 0 unspecified atom stereocenters. The number of hydrogen-bond donors (Lipinski definition) is 1. The van der Waals surface area contributed by atoms with Crippen LogP contribution in [0.15, 0.2) is 59.1 Å². The molecule has 1 atom stereocenters. The number of amides is 1. The molecule has 1 heterocycles. The van der Waals surface area contributed by atoms with Gasteiger partial charge >= 0.3 is 0 Å². The zero-order valence-corrected chi connectivity index (χ0v) is 14.8. The molecule has 1 aromatic heterocycles. The van der Waals surface area contributed by atoms with E-state index < -0.39 is 6.10 Å². The van der Waals surface area contributed by atoms with Gasteiger partial charge in [-0.25, -0.2) is 0 Å². The lowest BCUT2D eigenvalue weighted by Gasteiger charge is -2.16. The molecule has 0 bridgehead atoms. The van der Waals surface area contributed by atoms with Crippen LogP contribution in [0, 0.1) is 6.92 Å². The van der Waals surface area contributed by atoms with Crippen LogP contribution in [0.3, 0.4) is 0 Å². The predicted octanol–water partition coefficient (Wildman–Crippen LogP) is 3.52. The molecule has 1 N–H and O–H groups in total. The van der Waals surface area contributed by atoms with E-state index in [1.54, 1.807) is 0 Å². The molecule has 0 fully saturated rings. The third kappa shape index (κ3) is 4.47. The van der Waals surface area contributed by atoms with E-state index in [2.05, 4.69) is 15.5 Å². The van der Waals surface area contributed by atoms with Crippen molar-refractivity contribution in [3.05, 3.63) is 66.1 Å². The van der Waals surface area contributed by atoms with Gasteiger partial charge in [0, 0.05) is 5.56 Å². The number of rotatable bonds is 7. The van der Waals surface area contributed by atoms with Crippen LogP contribution in [0.4, 0.5) is 0 Å². The fraction of sp³-hybridized carbons (Fsp3) is 0.250. The number of benzene rings is 2. The first-order chi connectivity index (χ1) is 12.7. The number of para-hydroxylation sites is 1. The number of carbonyl (C=O) groups excluding carboxylic acids is 1. The number of hydrogen-bond acceptors (Lipinski definition) is 5. The van der Waals surface area contributed by atoms with E-state index in [9.17, 15) is 4.79 Å². The maximum Gasteiger partial charge on any atom is 0.261 e. The van der Waals surface area contributed by atoms with Crippen LogP contribution < -0.4 is 10.1 Å². The van der Waals surface area contributed by atoms with Crippen molar-refractivity contribution in [3.63, 3.8) is 0 Å². The van der Waals surface area contributed by atoms with Gasteiger partial charge in [-0.3, -0.25) is 4.79 Å². The van der Waals surface area contributed by atoms with Crippen LogP contribution in [0.5, 0.6) is 5.75 Å². The van der Waals surface area contributed by atoms with Crippen LogP contribution in [0.25, 0.3) is 11.4 Å². The maximum absolute atomic E-state index is 12.3. The topological polar surface area (TPSA) is 77.2 Å². The van der Waals surface area contributed by atoms with E-state index in [4.69, 9.17) is 9.26 Å². The lowest BCUT2D eigenvalue weighted by molar-refractivity contribution is -0.128. The second kappa shape index (κ2) is 8.29. The molecule has 0 radical (unpaired) electrons. The molecular formula is C20H21N3O3. The Morgan fingerprint density at radius 2 is 2.00 bits per heavy atom. The van der Waals surface area contributed by atoms with Crippen LogP contribution in [0.2, 0.25) is 0 Å². The number of carbonyl (C=O) groups is 1. The third-order valence-electron chi connectivity index (χ3n) is 3.84. The number of aromatic nitrogens is 2. The normalized spacial score (nSPS) is 11.8. The Morgan fingerprint density at radius 1 is 1.19 bits per heavy atom. The Balaban J connectivity index is 1.59. The molecule has 0 saturated carbocycles. The Labute approximate surface area is 152 Å². The molecule has 2 aromatic carbocycles. The van der Waals surface area contributed by atoms with Crippen molar-refractivity contribution in [2.24, 2.45) is 0 Å². The van der Waals surface area contributed by atoms with Crippen LogP contribution in [0.1, 0.15) is 24.8 Å². The van der Waals surface area contributed by atoms with Crippen LogP contribution in [-0.2, 0) is 11.3 Å². The molecular weight excluding hydrogens is 330 g/mol. The SMILES string of the molecule is CC[C@@H](Oc1ccccc1)C(=O)NCc1nc(-c2cccc(C)c2)no1. The minimum atomic E-state index is -0.573. The van der Waals surface area contributed by atoms with Crippen molar-refractivity contribution in [1.82, 2.24) is 15.5 Å². The molecule has 134 valence electrons. The quantitative estimate of drug-likeness (QED) is 0.705. The van der Waals surface area contributed by atoms with Gasteiger partial charge in [-0.1, -0.05) is 54.0 Å². The van der Waals surface area contributed by atoms with E-state index in [0.29, 0.717) is 23.9 Å². The first-order valence-electron chi connectivity index (χ1n) is 8.54. The molecule has 0 aliphatic rings. The van der Waals surface area contributed by atoms with Gasteiger partial charge in [0.1, 0.15) is 5.75 Å². The second-order valence-corrected chi connectivity index (χ2v) is 5.93. The summed E-state index contributed by atoms with van der Waals surface area (Å²) in [6.45, 7) is 4.06. The van der Waals surface area contributed by atoms with Gasteiger partial charge in [-0.2, -0.15) is 4.98 Å². The second-order valence-electron chi connectivity index (χ2n) is 5.93. The van der Waals surface area contributed by atoms with Crippen molar-refractivity contribution in [2.45, 2.75) is 32.9 Å². The zero-order valence-electron chi connectivity index (χ0n) is 14.8. The highest BCUT2D eigenvalue weighted by atomic mass is 16.5. The van der Waals surface area contributed by atoms with Gasteiger partial charge in [0.2, 0.25) is 11.7 Å². The summed E-state index contributed by atoms with van der Waals surface area (Å²) < 4.78 is 10.9. The molecule has 1 amide bonds. The molecule has 0 aliphatic heterocycles. The van der Waals surface area contributed by atoms with Gasteiger partial charge < -0.3 is 14.6 Å². The van der Waals surface area contributed by atoms with Crippen LogP contribution in [-0.4, -0.2) is 22.2 Å². The molecule has 0 spiro atoms. The Hall–Kier alpha value is -3.15. The lowest BCUT2D eigenvalue weighted by atomic mass is 10.1. The van der Waals surface area contributed by atoms with E-state index in [0.717, 1.165) is 11.1 Å². The fourth-order valence-electron chi connectivity index (χ4n) is 2.49. The van der Waals surface area contributed by atoms with Gasteiger partial charge in [-0.15, -0.1) is 0 Å². The molecule has 3 rings (SSSR count). The van der Waals surface area contributed by atoms with Crippen LogP contribution >= 0.6 is 0 Å². The number of aryl methyl sites for hydroxylation is 1. The Kier molecular flexibility index (Phi) is 5.63. The summed E-state index contributed by atoms with van der Waals surface area (Å²) in [6, 6.07) is 17.1. The maximum atomic E-state index is 12.3. The number of nitrogens with one attached hydrogen (secondary N) is 1. The van der Waals surface area contributed by atoms with Crippen molar-refractivity contribution in [1.29, 1.82) is 0 Å². The largest absolute Gasteiger partial charge is 0.481 e. The van der Waals surface area contributed by atoms with E-state index >= 15 is 0 Å². The highest BCUT2D eigenvalue weighted by Crippen LogP contribution is 2.17. The minimum absolute atomic E-state index is 0.159. The van der Waals surface area contributed by atoms with Crippen molar-refractivity contribution in [3.8, 4) is 17.1 Å². The summed E-state index contributed by atoms with van der Waals surface area (Å²) in [5.41, 5.74) is 2.00. The average molecular weight is 351 g/mol. The predicted molar refractivity (Wildman–Crippen MR) is 97.5 cm³/mol. The molecule has 6 heteroatoms. The van der Waals surface area contributed by atoms with Gasteiger partial charge in [0.15, 0.2) is 6.10 Å². The molecule has 6 nitrogen and oxygen atoms in total. The van der Waals surface area contributed by atoms with Gasteiger partial charge in [-0.05, 0) is 31.5 Å². The molecule has 0 saturated heterocycles. The zero-order chi connectivity index (χ0) is 18.4. The fourth-order valence-corrected chi connectivity index (χ4v) is 2.49. The van der Waals surface area contributed by atoms with E-state index in [-0.39, 0.29) is 12.5 Å². The Morgan fingerprint density at radius 3 is 2.73 bits per heavy atom. The number of nitrogens with zero attached hydrogens (tertiary/aromatic N) is 2. The summed E-state index contributed by atoms with van der Waals surface area (Å²) in [7, 11) is 0. The van der Waals surface area contributed by atoms with E-state index in [1.165, 1.54) is 0 Å². The molecule has 3 aromatic rings. The number of ether oxygens (including phenoxy) is 1. The van der Waals surface area contributed by atoms with Crippen molar-refractivity contribution >= 4 is 5.91 Å². The summed E-state index contributed by atoms with van der Waals surface area (Å²) in [5, 5.41) is 6.76. The standard InChI is InChI=1S/C20H21N3O3/c1-3-17(25-16-10-5-4-6-11-16)20(24)21-13-18-22-19(23-26-18)15-9-7-8-14(2)12-15/h4-12,17H,3,13H2,1-2H3,(H,21,24)/t17-/m1/s1. The first kappa shape index (κ1) is 17.7. The Bertz CT molecular complexity index is 862. The van der Waals surface area contributed by atoms with Crippen molar-refractivity contribution in [2.75, 3.05) is 0 Å². The van der Waals surface area contributed by atoms with E-state index in [1.807, 2.05) is 68.4 Å². The summed E-state index contributed by atoms with van der Waals surface area (Å²) >= 11 is 0. The highest BCUT2D eigenvalue weighted by Gasteiger charge is 2.19.